The van der Waals surface area contributed by atoms with Crippen LogP contribution in [0.5, 0.6) is 11.5 Å². The Morgan fingerprint density at radius 1 is 1.02 bits per heavy atom. The highest BCUT2D eigenvalue weighted by Gasteiger charge is 2.45. The van der Waals surface area contributed by atoms with E-state index in [-0.39, 0.29) is 11.3 Å². The summed E-state index contributed by atoms with van der Waals surface area (Å²) in [6.45, 7) is 2.08. The summed E-state index contributed by atoms with van der Waals surface area (Å²) in [5.74, 6) is -0.122. The molecule has 2 atom stereocenters. The highest BCUT2D eigenvalue weighted by molar-refractivity contribution is 5.87. The van der Waals surface area contributed by atoms with E-state index in [1.807, 2.05) is 48.5 Å². The molecule has 0 fully saturated rings. The number of hydrogen-bond acceptors (Lipinski definition) is 7. The number of aliphatic hydroxyl groups excluding tert-OH is 1. The molecule has 9 nitrogen and oxygen atoms in total. The number of carbonyl (C=O) groups is 1. The van der Waals surface area contributed by atoms with E-state index >= 15 is 0 Å². The van der Waals surface area contributed by atoms with Crippen molar-refractivity contribution in [2.45, 2.75) is 50.3 Å². The maximum atomic E-state index is 12.3. The lowest BCUT2D eigenvalue weighted by atomic mass is 9.91. The summed E-state index contributed by atoms with van der Waals surface area (Å²) < 4.78 is 5.96. The van der Waals surface area contributed by atoms with Gasteiger partial charge >= 0.3 is 5.97 Å². The van der Waals surface area contributed by atoms with Gasteiger partial charge in [0.05, 0.1) is 18.2 Å². The summed E-state index contributed by atoms with van der Waals surface area (Å²) in [5.41, 5.74) is 2.48. The number of carboxylic acids is 1. The molecule has 220 valence electrons. The van der Waals surface area contributed by atoms with Crippen LogP contribution in [-0.4, -0.2) is 46.0 Å². The van der Waals surface area contributed by atoms with Crippen molar-refractivity contribution in [3.63, 3.8) is 0 Å². The molecular formula is C33H37N3O6. The second kappa shape index (κ2) is 13.2. The van der Waals surface area contributed by atoms with E-state index in [4.69, 9.17) is 4.74 Å². The Kier molecular flexibility index (Phi) is 9.22. The van der Waals surface area contributed by atoms with Crippen LogP contribution in [0.1, 0.15) is 54.0 Å². The predicted molar refractivity (Wildman–Crippen MR) is 161 cm³/mol. The molecule has 1 heterocycles. The number of carboxylic acid groups (broad SMARTS) is 1. The number of aromatic hydroxyl groups is 1. The third-order valence-electron chi connectivity index (χ3n) is 7.97. The fraction of sp³-hybridized carbons (Fsp3) is 0.333. The number of nitrogens with one attached hydrogen (secondary N) is 3. The molecule has 4 aromatic rings. The number of aliphatic carboxylic acids is 1. The van der Waals surface area contributed by atoms with Gasteiger partial charge in [0, 0.05) is 24.5 Å². The summed E-state index contributed by atoms with van der Waals surface area (Å²) in [6, 6.07) is 21.6. The third-order valence-corrected chi connectivity index (χ3v) is 7.97. The number of phenolic OH excluding ortho intramolecular Hbond substituents is 1. The van der Waals surface area contributed by atoms with Crippen molar-refractivity contribution in [1.82, 2.24) is 15.6 Å². The van der Waals surface area contributed by atoms with Crippen molar-refractivity contribution in [1.29, 1.82) is 0 Å². The molecule has 1 unspecified atom stereocenters. The normalized spacial score (nSPS) is 16.8. The molecule has 42 heavy (non-hydrogen) atoms. The zero-order valence-corrected chi connectivity index (χ0v) is 23.4. The SMILES string of the molecule is O=C(O)C1(NCc2cccc(OCCCCCNC[C@H](O)c3ccc(O)c4[nH]c(=O)ccc34)c2)CCc2ccccc21. The van der Waals surface area contributed by atoms with Gasteiger partial charge < -0.3 is 30.4 Å². The van der Waals surface area contributed by atoms with Crippen LogP contribution in [0.4, 0.5) is 0 Å². The molecule has 0 saturated carbocycles. The molecule has 5 rings (SSSR count). The molecular weight excluding hydrogens is 534 g/mol. The number of aryl methyl sites for hydroxylation is 1. The van der Waals surface area contributed by atoms with Gasteiger partial charge in [0.25, 0.3) is 0 Å². The number of unbranched alkanes of at least 4 members (excludes halogenated alkanes) is 2. The molecule has 0 amide bonds. The zero-order chi connectivity index (χ0) is 29.5. The quantitative estimate of drug-likeness (QED) is 0.124. The number of aromatic amines is 1. The van der Waals surface area contributed by atoms with Crippen molar-refractivity contribution in [3.8, 4) is 11.5 Å². The van der Waals surface area contributed by atoms with Gasteiger partial charge in [-0.05, 0) is 85.2 Å². The van der Waals surface area contributed by atoms with Crippen LogP contribution in [0, 0.1) is 0 Å². The number of rotatable bonds is 14. The number of ether oxygens (including phenoxy) is 1. The number of phenols is 1. The van der Waals surface area contributed by atoms with E-state index in [9.17, 15) is 24.9 Å². The lowest BCUT2D eigenvalue weighted by molar-refractivity contribution is -0.145. The van der Waals surface area contributed by atoms with Crippen molar-refractivity contribution in [2.24, 2.45) is 0 Å². The van der Waals surface area contributed by atoms with E-state index in [0.717, 1.165) is 54.7 Å². The zero-order valence-electron chi connectivity index (χ0n) is 23.4. The Balaban J connectivity index is 1.02. The van der Waals surface area contributed by atoms with Gasteiger partial charge in [0.1, 0.15) is 17.0 Å². The number of pyridine rings is 1. The summed E-state index contributed by atoms with van der Waals surface area (Å²) in [7, 11) is 0. The van der Waals surface area contributed by atoms with Crippen molar-refractivity contribution in [2.75, 3.05) is 19.7 Å². The fourth-order valence-corrected chi connectivity index (χ4v) is 5.71. The number of benzene rings is 3. The molecule has 0 spiro atoms. The highest BCUT2D eigenvalue weighted by Crippen LogP contribution is 2.37. The van der Waals surface area contributed by atoms with E-state index in [0.29, 0.717) is 42.6 Å². The minimum atomic E-state index is -1.07. The van der Waals surface area contributed by atoms with Crippen LogP contribution in [0.2, 0.25) is 0 Å². The average molecular weight is 572 g/mol. The van der Waals surface area contributed by atoms with Crippen molar-refractivity contribution < 1.29 is 24.9 Å². The van der Waals surface area contributed by atoms with Crippen LogP contribution in [-0.2, 0) is 23.3 Å². The van der Waals surface area contributed by atoms with Gasteiger partial charge in [-0.25, -0.2) is 4.79 Å². The summed E-state index contributed by atoms with van der Waals surface area (Å²) in [4.78, 5) is 26.5. The van der Waals surface area contributed by atoms with Gasteiger partial charge in [-0.2, -0.15) is 0 Å². The average Bonchev–Trinajstić information content (AvgIpc) is 3.38. The van der Waals surface area contributed by atoms with Crippen LogP contribution >= 0.6 is 0 Å². The first-order valence-corrected chi connectivity index (χ1v) is 14.4. The topological polar surface area (TPSA) is 144 Å². The molecule has 3 aromatic carbocycles. The Hall–Kier alpha value is -4.18. The molecule has 0 saturated heterocycles. The third kappa shape index (κ3) is 6.49. The standard InChI is InChI=1S/C33H37N3O6/c37-28-13-11-25(26-12-14-30(39)36-31(26)28)29(38)21-34-17-4-1-5-18-42-24-9-6-7-22(19-24)20-35-33(32(40)41)16-15-23-8-2-3-10-27(23)33/h2-3,6-14,19,29,34-35,37-38H,1,4-5,15-18,20-21H2,(H,36,39)(H,40,41)/t29-,33?/m0/s1. The molecule has 0 bridgehead atoms. The maximum Gasteiger partial charge on any atom is 0.328 e. The van der Waals surface area contributed by atoms with Crippen LogP contribution in [0.15, 0.2) is 77.6 Å². The van der Waals surface area contributed by atoms with Crippen LogP contribution in [0.25, 0.3) is 10.9 Å². The van der Waals surface area contributed by atoms with E-state index in [1.54, 1.807) is 12.1 Å². The Bertz CT molecular complexity index is 1600. The number of aliphatic hydroxyl groups is 1. The second-order valence-electron chi connectivity index (χ2n) is 10.8. The lowest BCUT2D eigenvalue weighted by Gasteiger charge is -2.27. The smallest absolute Gasteiger partial charge is 0.328 e. The highest BCUT2D eigenvalue weighted by atomic mass is 16.5. The first-order chi connectivity index (χ1) is 20.4. The molecule has 1 aliphatic rings. The molecule has 0 radical (unpaired) electrons. The van der Waals surface area contributed by atoms with E-state index in [1.165, 1.54) is 12.1 Å². The van der Waals surface area contributed by atoms with Gasteiger partial charge in [-0.15, -0.1) is 0 Å². The van der Waals surface area contributed by atoms with Crippen LogP contribution in [0.3, 0.4) is 0 Å². The van der Waals surface area contributed by atoms with E-state index < -0.39 is 17.6 Å². The first-order valence-electron chi connectivity index (χ1n) is 14.4. The van der Waals surface area contributed by atoms with E-state index in [2.05, 4.69) is 15.6 Å². The molecule has 0 aliphatic heterocycles. The van der Waals surface area contributed by atoms with Gasteiger partial charge in [-0.1, -0.05) is 42.5 Å². The maximum absolute atomic E-state index is 12.3. The minimum Gasteiger partial charge on any atom is -0.506 e. The number of fused-ring (bicyclic) bond motifs is 2. The molecule has 6 N–H and O–H groups in total. The number of aromatic nitrogens is 1. The first kappa shape index (κ1) is 29.3. The fourth-order valence-electron chi connectivity index (χ4n) is 5.71. The summed E-state index contributed by atoms with van der Waals surface area (Å²) in [5, 5.41) is 38.0. The second-order valence-corrected chi connectivity index (χ2v) is 10.8. The number of H-pyrrole nitrogens is 1. The summed E-state index contributed by atoms with van der Waals surface area (Å²) in [6.07, 6.45) is 3.24. The van der Waals surface area contributed by atoms with Crippen LogP contribution < -0.4 is 20.9 Å². The monoisotopic (exact) mass is 571 g/mol. The van der Waals surface area contributed by atoms with Crippen molar-refractivity contribution in [3.05, 3.63) is 105 Å². The summed E-state index contributed by atoms with van der Waals surface area (Å²) >= 11 is 0. The number of hydrogen-bond donors (Lipinski definition) is 6. The molecule has 1 aliphatic carbocycles. The molecule has 1 aromatic heterocycles. The Morgan fingerprint density at radius 3 is 2.74 bits per heavy atom. The lowest BCUT2D eigenvalue weighted by Crippen LogP contribution is -2.47. The van der Waals surface area contributed by atoms with Crippen molar-refractivity contribution >= 4 is 16.9 Å². The van der Waals surface area contributed by atoms with Gasteiger partial charge in [0.2, 0.25) is 5.56 Å². The minimum absolute atomic E-state index is 0.0287. The predicted octanol–water partition coefficient (Wildman–Crippen LogP) is 4.12. The van der Waals surface area contributed by atoms with Gasteiger partial charge in [0.15, 0.2) is 0 Å². The Morgan fingerprint density at radius 2 is 1.88 bits per heavy atom. The Labute approximate surface area is 244 Å². The van der Waals surface area contributed by atoms with Gasteiger partial charge in [-0.3, -0.25) is 10.1 Å². The largest absolute Gasteiger partial charge is 0.506 e. The molecule has 9 heteroatoms.